The summed E-state index contributed by atoms with van der Waals surface area (Å²) in [5, 5.41) is 3.20. The minimum atomic E-state index is -0.376. The van der Waals surface area contributed by atoms with Gasteiger partial charge in [0.15, 0.2) is 0 Å². The van der Waals surface area contributed by atoms with Crippen molar-refractivity contribution < 1.29 is 9.18 Å². The van der Waals surface area contributed by atoms with Gasteiger partial charge in [-0.05, 0) is 24.3 Å². The highest BCUT2D eigenvalue weighted by atomic mass is 19.1. The summed E-state index contributed by atoms with van der Waals surface area (Å²) >= 11 is 0. The molecule has 3 atom stereocenters. The lowest BCUT2D eigenvalue weighted by molar-refractivity contribution is -0.130. The first-order valence-electron chi connectivity index (χ1n) is 7.52. The first kappa shape index (κ1) is 16.0. The number of hydrogen-bond acceptors (Lipinski definition) is 2. The maximum absolute atomic E-state index is 14.1. The maximum atomic E-state index is 14.1. The van der Waals surface area contributed by atoms with E-state index >= 15 is 0 Å². The predicted octanol–water partition coefficient (Wildman–Crippen LogP) is 3.33. The molecule has 0 aromatic heterocycles. The Morgan fingerprint density at radius 2 is 1.95 bits per heavy atom. The fourth-order valence-electron chi connectivity index (χ4n) is 2.49. The van der Waals surface area contributed by atoms with Gasteiger partial charge in [0.25, 0.3) is 0 Å². The molecule has 21 heavy (non-hydrogen) atoms. The van der Waals surface area contributed by atoms with Crippen LogP contribution in [0.15, 0.2) is 24.3 Å². The van der Waals surface area contributed by atoms with Gasteiger partial charge in [-0.1, -0.05) is 45.9 Å². The van der Waals surface area contributed by atoms with Crippen molar-refractivity contribution in [3.63, 3.8) is 0 Å². The SMILES string of the molecule is CC1NC(c2ccccc2F)N(CC(C)C(C)(C)C)C1=O. The van der Waals surface area contributed by atoms with Crippen LogP contribution < -0.4 is 5.32 Å². The van der Waals surface area contributed by atoms with Crippen molar-refractivity contribution in [3.8, 4) is 0 Å². The Morgan fingerprint density at radius 3 is 2.52 bits per heavy atom. The number of nitrogens with one attached hydrogen (secondary N) is 1. The van der Waals surface area contributed by atoms with Gasteiger partial charge in [0.1, 0.15) is 12.0 Å². The number of hydrogen-bond donors (Lipinski definition) is 1. The molecule has 4 heteroatoms. The average molecular weight is 292 g/mol. The summed E-state index contributed by atoms with van der Waals surface area (Å²) in [6.07, 6.45) is -0.376. The zero-order valence-electron chi connectivity index (χ0n) is 13.5. The van der Waals surface area contributed by atoms with Crippen molar-refractivity contribution in [1.29, 1.82) is 0 Å². The second-order valence-electron chi connectivity index (χ2n) is 7.07. The van der Waals surface area contributed by atoms with Gasteiger partial charge in [0.2, 0.25) is 5.91 Å². The third-order valence-electron chi connectivity index (χ3n) is 4.52. The van der Waals surface area contributed by atoms with Crippen molar-refractivity contribution in [2.24, 2.45) is 11.3 Å². The Balaban J connectivity index is 2.28. The van der Waals surface area contributed by atoms with Crippen molar-refractivity contribution in [3.05, 3.63) is 35.6 Å². The smallest absolute Gasteiger partial charge is 0.241 e. The summed E-state index contributed by atoms with van der Waals surface area (Å²) in [5.74, 6) is 0.0903. The number of rotatable bonds is 3. The van der Waals surface area contributed by atoms with Gasteiger partial charge in [-0.15, -0.1) is 0 Å². The fourth-order valence-corrected chi connectivity index (χ4v) is 2.49. The van der Waals surface area contributed by atoms with Crippen molar-refractivity contribution in [1.82, 2.24) is 10.2 Å². The van der Waals surface area contributed by atoms with Gasteiger partial charge >= 0.3 is 0 Å². The van der Waals surface area contributed by atoms with Crippen molar-refractivity contribution in [2.75, 3.05) is 6.54 Å². The van der Waals surface area contributed by atoms with Crippen LogP contribution in [-0.2, 0) is 4.79 Å². The molecule has 1 aliphatic rings. The van der Waals surface area contributed by atoms with Gasteiger partial charge in [0.05, 0.1) is 6.04 Å². The number of carbonyl (C=O) groups excluding carboxylic acids is 1. The summed E-state index contributed by atoms with van der Waals surface area (Å²) in [5.41, 5.74) is 0.641. The van der Waals surface area contributed by atoms with Gasteiger partial charge < -0.3 is 4.90 Å². The van der Waals surface area contributed by atoms with E-state index in [4.69, 9.17) is 0 Å². The van der Waals surface area contributed by atoms with Crippen LogP contribution in [0.5, 0.6) is 0 Å². The van der Waals surface area contributed by atoms with E-state index in [-0.39, 0.29) is 29.3 Å². The standard InChI is InChI=1S/C17H25FN2O/c1-11(17(3,4)5)10-20-15(19-12(2)16(20)21)13-8-6-7-9-14(13)18/h6-9,11-12,15,19H,10H2,1-5H3. The molecular formula is C17H25FN2O. The van der Waals surface area contributed by atoms with Crippen LogP contribution >= 0.6 is 0 Å². The zero-order valence-corrected chi connectivity index (χ0v) is 13.5. The second kappa shape index (κ2) is 5.76. The van der Waals surface area contributed by atoms with E-state index in [2.05, 4.69) is 33.0 Å². The Labute approximate surface area is 126 Å². The van der Waals surface area contributed by atoms with Crippen LogP contribution in [0.3, 0.4) is 0 Å². The summed E-state index contributed by atoms with van der Waals surface area (Å²) in [6.45, 7) is 11.1. The summed E-state index contributed by atoms with van der Waals surface area (Å²) < 4.78 is 14.1. The van der Waals surface area contributed by atoms with E-state index in [0.717, 1.165) is 0 Å². The number of carbonyl (C=O) groups is 1. The molecule has 1 aromatic rings. The molecule has 1 N–H and O–H groups in total. The number of halogens is 1. The minimum Gasteiger partial charge on any atom is -0.321 e. The van der Waals surface area contributed by atoms with Crippen LogP contribution in [-0.4, -0.2) is 23.4 Å². The largest absolute Gasteiger partial charge is 0.321 e. The van der Waals surface area contributed by atoms with Gasteiger partial charge in [-0.3, -0.25) is 10.1 Å². The molecule has 1 amide bonds. The Bertz CT molecular complexity index is 524. The fraction of sp³-hybridized carbons (Fsp3) is 0.588. The number of benzene rings is 1. The highest BCUT2D eigenvalue weighted by Crippen LogP contribution is 2.32. The van der Waals surface area contributed by atoms with E-state index in [0.29, 0.717) is 18.0 Å². The summed E-state index contributed by atoms with van der Waals surface area (Å²) in [6, 6.07) is 6.38. The molecule has 3 nitrogen and oxygen atoms in total. The first-order valence-corrected chi connectivity index (χ1v) is 7.52. The van der Waals surface area contributed by atoms with E-state index in [9.17, 15) is 9.18 Å². The highest BCUT2D eigenvalue weighted by Gasteiger charge is 2.39. The summed E-state index contributed by atoms with van der Waals surface area (Å²) in [4.78, 5) is 14.2. The van der Waals surface area contributed by atoms with E-state index < -0.39 is 0 Å². The lowest BCUT2D eigenvalue weighted by atomic mass is 9.81. The monoisotopic (exact) mass is 292 g/mol. The second-order valence-corrected chi connectivity index (χ2v) is 7.07. The van der Waals surface area contributed by atoms with E-state index in [1.165, 1.54) is 6.07 Å². The lowest BCUT2D eigenvalue weighted by Gasteiger charge is -2.34. The predicted molar refractivity (Wildman–Crippen MR) is 82.1 cm³/mol. The third-order valence-corrected chi connectivity index (χ3v) is 4.52. The van der Waals surface area contributed by atoms with Crippen LogP contribution in [0.25, 0.3) is 0 Å². The van der Waals surface area contributed by atoms with Crippen molar-refractivity contribution >= 4 is 5.91 Å². The molecule has 0 aliphatic carbocycles. The number of nitrogens with zero attached hydrogens (tertiary/aromatic N) is 1. The Morgan fingerprint density at radius 1 is 1.33 bits per heavy atom. The molecule has 0 radical (unpaired) electrons. The van der Waals surface area contributed by atoms with E-state index in [1.54, 1.807) is 23.1 Å². The van der Waals surface area contributed by atoms with Gasteiger partial charge in [-0.25, -0.2) is 4.39 Å². The molecule has 1 aliphatic heterocycles. The molecule has 1 fully saturated rings. The van der Waals surface area contributed by atoms with E-state index in [1.807, 2.05) is 6.92 Å². The third kappa shape index (κ3) is 3.26. The molecule has 1 aromatic carbocycles. The highest BCUT2D eigenvalue weighted by molar-refractivity contribution is 5.84. The quantitative estimate of drug-likeness (QED) is 0.927. The molecule has 1 heterocycles. The van der Waals surface area contributed by atoms with Crippen LogP contribution in [0.2, 0.25) is 0 Å². The lowest BCUT2D eigenvalue weighted by Crippen LogP contribution is -2.38. The van der Waals surface area contributed by atoms with Crippen LogP contribution in [0.1, 0.15) is 46.3 Å². The molecule has 0 spiro atoms. The minimum absolute atomic E-state index is 0.0411. The Hall–Kier alpha value is -1.42. The molecule has 116 valence electrons. The molecule has 1 saturated heterocycles. The number of amides is 1. The van der Waals surface area contributed by atoms with Crippen LogP contribution in [0, 0.1) is 17.2 Å². The van der Waals surface area contributed by atoms with Crippen molar-refractivity contribution in [2.45, 2.75) is 46.8 Å². The van der Waals surface area contributed by atoms with Gasteiger partial charge in [-0.2, -0.15) is 0 Å². The summed E-state index contributed by atoms with van der Waals surface area (Å²) in [7, 11) is 0. The van der Waals surface area contributed by atoms with Gasteiger partial charge in [0, 0.05) is 12.1 Å². The zero-order chi connectivity index (χ0) is 15.8. The maximum Gasteiger partial charge on any atom is 0.241 e. The first-order chi connectivity index (χ1) is 9.71. The molecule has 3 unspecified atom stereocenters. The van der Waals surface area contributed by atoms with Crippen LogP contribution in [0.4, 0.5) is 4.39 Å². The Kier molecular flexibility index (Phi) is 4.38. The average Bonchev–Trinajstić information content (AvgIpc) is 2.66. The molecule has 0 bridgehead atoms. The molecular weight excluding hydrogens is 267 g/mol. The molecule has 2 rings (SSSR count). The topological polar surface area (TPSA) is 32.3 Å². The normalized spacial score (nSPS) is 24.5. The molecule has 0 saturated carbocycles.